The third kappa shape index (κ3) is 2.42. The van der Waals surface area contributed by atoms with E-state index < -0.39 is 11.0 Å². The molecule has 1 aliphatic rings. The predicted octanol–water partition coefficient (Wildman–Crippen LogP) is 2.61. The average molecular weight is 317 g/mol. The molecule has 1 heterocycles. The van der Waals surface area contributed by atoms with E-state index in [2.05, 4.69) is 10.3 Å². The molecular weight excluding hydrogens is 294 g/mol. The van der Waals surface area contributed by atoms with E-state index in [9.17, 15) is 4.79 Å². The van der Waals surface area contributed by atoms with E-state index in [4.69, 9.17) is 14.9 Å². The number of carbonyl (C=O) groups excluding carboxylic acids is 1. The number of aromatic nitrogens is 1. The van der Waals surface area contributed by atoms with Crippen LogP contribution in [0.4, 0.5) is 5.69 Å². The molecule has 124 valence electrons. The highest BCUT2D eigenvalue weighted by Crippen LogP contribution is 2.50. The van der Waals surface area contributed by atoms with Gasteiger partial charge in [-0.05, 0) is 25.1 Å². The van der Waals surface area contributed by atoms with Gasteiger partial charge in [0, 0.05) is 31.1 Å². The van der Waals surface area contributed by atoms with Gasteiger partial charge < -0.3 is 20.2 Å². The first-order chi connectivity index (χ1) is 10.8. The van der Waals surface area contributed by atoms with Gasteiger partial charge in [-0.25, -0.2) is 4.98 Å². The summed E-state index contributed by atoms with van der Waals surface area (Å²) in [5, 5.41) is 2.90. The molecule has 0 aliphatic heterocycles. The van der Waals surface area contributed by atoms with Crippen molar-refractivity contribution in [3.63, 3.8) is 0 Å². The third-order valence-electron chi connectivity index (χ3n) is 4.99. The fourth-order valence-electron chi connectivity index (χ4n) is 3.18. The van der Waals surface area contributed by atoms with Gasteiger partial charge in [0.05, 0.1) is 6.10 Å². The minimum absolute atomic E-state index is 0.00363. The monoisotopic (exact) mass is 317 g/mol. The minimum atomic E-state index is -0.943. The molecule has 3 rings (SSSR count). The molecule has 0 spiro atoms. The Balaban J connectivity index is 1.78. The zero-order chi connectivity index (χ0) is 16.8. The van der Waals surface area contributed by atoms with Crippen molar-refractivity contribution in [2.24, 2.45) is 11.1 Å². The van der Waals surface area contributed by atoms with Crippen LogP contribution in [-0.4, -0.2) is 29.1 Å². The summed E-state index contributed by atoms with van der Waals surface area (Å²) >= 11 is 0. The molecule has 23 heavy (non-hydrogen) atoms. The number of nitrogens with one attached hydrogen (secondary N) is 1. The lowest BCUT2D eigenvalue weighted by Gasteiger charge is -2.57. The second-order valence-corrected chi connectivity index (χ2v) is 6.71. The van der Waals surface area contributed by atoms with Crippen LogP contribution in [0.1, 0.15) is 33.1 Å². The van der Waals surface area contributed by atoms with Crippen LogP contribution in [0.15, 0.2) is 22.6 Å². The molecule has 1 aromatic carbocycles. The number of aryl methyl sites for hydroxylation is 1. The molecule has 2 atom stereocenters. The molecule has 1 saturated carbocycles. The van der Waals surface area contributed by atoms with E-state index >= 15 is 0 Å². The Morgan fingerprint density at radius 1 is 1.52 bits per heavy atom. The lowest BCUT2D eigenvalue weighted by molar-refractivity contribution is -0.166. The molecule has 3 N–H and O–H groups in total. The summed E-state index contributed by atoms with van der Waals surface area (Å²) in [6.45, 7) is 8.30. The van der Waals surface area contributed by atoms with Crippen LogP contribution >= 0.6 is 0 Å². The normalized spacial score (nSPS) is 26.0. The molecule has 1 amide bonds. The lowest BCUT2D eigenvalue weighted by atomic mass is 9.54. The second kappa shape index (κ2) is 5.32. The van der Waals surface area contributed by atoms with Crippen LogP contribution in [-0.2, 0) is 9.53 Å². The van der Waals surface area contributed by atoms with E-state index in [0.29, 0.717) is 35.7 Å². The summed E-state index contributed by atoms with van der Waals surface area (Å²) in [6.07, 6.45) is 0.522. The summed E-state index contributed by atoms with van der Waals surface area (Å²) in [5.74, 6) is 0.400. The molecule has 6 heteroatoms. The zero-order valence-electron chi connectivity index (χ0n) is 14.0. The number of hydrogen-bond acceptors (Lipinski definition) is 5. The minimum Gasteiger partial charge on any atom is -0.441 e. The number of hydrogen-bond donors (Lipinski definition) is 2. The fourth-order valence-corrected chi connectivity index (χ4v) is 3.18. The van der Waals surface area contributed by atoms with Gasteiger partial charge in [0.2, 0.25) is 5.91 Å². The number of anilines is 1. The number of benzene rings is 1. The van der Waals surface area contributed by atoms with Crippen molar-refractivity contribution in [2.75, 3.05) is 11.9 Å². The number of carbonyl (C=O) groups is 1. The fraction of sp³-hybridized carbons (Fsp3) is 0.529. The molecule has 0 saturated heterocycles. The maximum atomic E-state index is 12.7. The lowest BCUT2D eigenvalue weighted by Crippen LogP contribution is -2.74. The van der Waals surface area contributed by atoms with Crippen LogP contribution in [0.5, 0.6) is 0 Å². The molecule has 1 aliphatic carbocycles. The van der Waals surface area contributed by atoms with Gasteiger partial charge in [0.25, 0.3) is 0 Å². The number of fused-ring (bicyclic) bond motifs is 1. The average Bonchev–Trinajstić information content (AvgIpc) is 2.86. The third-order valence-corrected chi connectivity index (χ3v) is 4.99. The molecule has 2 aromatic rings. The molecule has 2 unspecified atom stereocenters. The van der Waals surface area contributed by atoms with Gasteiger partial charge >= 0.3 is 0 Å². The molecule has 6 nitrogen and oxygen atoms in total. The highest BCUT2D eigenvalue weighted by molar-refractivity contribution is 6.00. The maximum Gasteiger partial charge on any atom is 0.245 e. The number of nitrogens with two attached hydrogens (primary N) is 1. The summed E-state index contributed by atoms with van der Waals surface area (Å²) in [7, 11) is 0. The zero-order valence-corrected chi connectivity index (χ0v) is 14.0. The standard InChI is InChI=1S/C17H23N3O3/c1-5-22-14-9-17(18,16(14,3)4)15(21)20-11-6-7-13-12(8-11)19-10(2)23-13/h6-8,14H,5,9,18H2,1-4H3,(H,20,21). The maximum absolute atomic E-state index is 12.7. The van der Waals surface area contributed by atoms with Gasteiger partial charge in [-0.3, -0.25) is 4.79 Å². The van der Waals surface area contributed by atoms with Gasteiger partial charge in [-0.1, -0.05) is 13.8 Å². The summed E-state index contributed by atoms with van der Waals surface area (Å²) in [5.41, 5.74) is 7.10. The summed E-state index contributed by atoms with van der Waals surface area (Å²) in [4.78, 5) is 17.0. The van der Waals surface area contributed by atoms with Crippen LogP contribution < -0.4 is 11.1 Å². The summed E-state index contributed by atoms with van der Waals surface area (Å²) < 4.78 is 11.1. The first-order valence-corrected chi connectivity index (χ1v) is 7.87. The molecule has 0 radical (unpaired) electrons. The van der Waals surface area contributed by atoms with Crippen molar-refractivity contribution in [3.8, 4) is 0 Å². The van der Waals surface area contributed by atoms with Gasteiger partial charge in [-0.15, -0.1) is 0 Å². The SMILES string of the molecule is CCOC1CC(N)(C(=O)Nc2ccc3oc(C)nc3c2)C1(C)C. The Hall–Kier alpha value is -1.92. The van der Waals surface area contributed by atoms with Crippen molar-refractivity contribution in [2.45, 2.75) is 45.8 Å². The number of nitrogens with zero attached hydrogens (tertiary/aromatic N) is 1. The predicted molar refractivity (Wildman–Crippen MR) is 88.1 cm³/mol. The first kappa shape index (κ1) is 16.0. The highest BCUT2D eigenvalue weighted by atomic mass is 16.5. The van der Waals surface area contributed by atoms with Crippen molar-refractivity contribution < 1.29 is 13.9 Å². The Labute approximate surface area is 135 Å². The van der Waals surface area contributed by atoms with E-state index in [1.54, 1.807) is 25.1 Å². The second-order valence-electron chi connectivity index (χ2n) is 6.71. The van der Waals surface area contributed by atoms with E-state index in [-0.39, 0.29) is 12.0 Å². The Kier molecular flexibility index (Phi) is 3.69. The van der Waals surface area contributed by atoms with E-state index in [0.717, 1.165) is 0 Å². The van der Waals surface area contributed by atoms with Crippen LogP contribution in [0.2, 0.25) is 0 Å². The van der Waals surface area contributed by atoms with Crippen molar-refractivity contribution in [1.82, 2.24) is 4.98 Å². The van der Waals surface area contributed by atoms with Crippen molar-refractivity contribution in [3.05, 3.63) is 24.1 Å². The quantitative estimate of drug-likeness (QED) is 0.904. The molecular formula is C17H23N3O3. The van der Waals surface area contributed by atoms with Gasteiger partial charge in [-0.2, -0.15) is 0 Å². The number of amides is 1. The molecule has 1 aromatic heterocycles. The van der Waals surface area contributed by atoms with Gasteiger partial charge in [0.15, 0.2) is 11.5 Å². The number of oxazole rings is 1. The largest absolute Gasteiger partial charge is 0.441 e. The number of ether oxygens (including phenoxy) is 1. The molecule has 1 fully saturated rings. The van der Waals surface area contributed by atoms with Crippen LogP contribution in [0.25, 0.3) is 11.1 Å². The van der Waals surface area contributed by atoms with Crippen LogP contribution in [0, 0.1) is 12.3 Å². The number of rotatable bonds is 4. The Morgan fingerprint density at radius 2 is 2.26 bits per heavy atom. The topological polar surface area (TPSA) is 90.4 Å². The van der Waals surface area contributed by atoms with E-state index in [1.807, 2.05) is 20.8 Å². The van der Waals surface area contributed by atoms with Crippen LogP contribution in [0.3, 0.4) is 0 Å². The Bertz CT molecular complexity index is 753. The summed E-state index contributed by atoms with van der Waals surface area (Å²) in [6, 6.07) is 5.38. The smallest absolute Gasteiger partial charge is 0.245 e. The van der Waals surface area contributed by atoms with E-state index in [1.165, 1.54) is 0 Å². The van der Waals surface area contributed by atoms with Gasteiger partial charge in [0.1, 0.15) is 11.1 Å². The highest BCUT2D eigenvalue weighted by Gasteiger charge is 2.62. The molecule has 0 bridgehead atoms. The van der Waals surface area contributed by atoms with Crippen molar-refractivity contribution in [1.29, 1.82) is 0 Å². The van der Waals surface area contributed by atoms with Crippen molar-refractivity contribution >= 4 is 22.7 Å². The first-order valence-electron chi connectivity index (χ1n) is 7.87. The Morgan fingerprint density at radius 3 is 2.91 bits per heavy atom.